The number of nitrogens with one attached hydrogen (secondary N) is 1. The highest BCUT2D eigenvalue weighted by molar-refractivity contribution is 5.84. The number of nitrogens with zero attached hydrogens (tertiary/aromatic N) is 3. The van der Waals surface area contributed by atoms with Gasteiger partial charge in [0.25, 0.3) is 5.56 Å². The summed E-state index contributed by atoms with van der Waals surface area (Å²) in [5, 5.41) is 7.70. The molecule has 7 heteroatoms. The van der Waals surface area contributed by atoms with Gasteiger partial charge in [-0.15, -0.1) is 0 Å². The van der Waals surface area contributed by atoms with Gasteiger partial charge in [-0.2, -0.15) is 5.10 Å². The van der Waals surface area contributed by atoms with Crippen molar-refractivity contribution in [3.05, 3.63) is 34.7 Å². The Hall–Kier alpha value is -2.57. The van der Waals surface area contributed by atoms with Crippen LogP contribution < -0.4 is 10.5 Å². The molecule has 1 aromatic heterocycles. The van der Waals surface area contributed by atoms with Gasteiger partial charge in [-0.3, -0.25) is 4.79 Å². The van der Waals surface area contributed by atoms with Crippen LogP contribution in [0.1, 0.15) is 20.8 Å². The van der Waals surface area contributed by atoms with E-state index in [4.69, 9.17) is 4.74 Å². The van der Waals surface area contributed by atoms with Crippen molar-refractivity contribution in [1.82, 2.24) is 15.1 Å². The van der Waals surface area contributed by atoms with Crippen molar-refractivity contribution in [1.29, 1.82) is 0 Å². The zero-order valence-corrected chi connectivity index (χ0v) is 14.2. The Balaban J connectivity index is 1.70. The molecule has 1 amide bonds. The Morgan fingerprint density at radius 2 is 1.92 bits per heavy atom. The van der Waals surface area contributed by atoms with Gasteiger partial charge >= 0.3 is 6.09 Å². The normalized spacial score (nSPS) is 15.6. The molecule has 0 bridgehead atoms. The van der Waals surface area contributed by atoms with Crippen molar-refractivity contribution in [3.63, 3.8) is 0 Å². The van der Waals surface area contributed by atoms with Gasteiger partial charge in [0.15, 0.2) is 0 Å². The second-order valence-corrected chi connectivity index (χ2v) is 6.93. The van der Waals surface area contributed by atoms with E-state index in [0.29, 0.717) is 31.6 Å². The molecule has 1 saturated heterocycles. The SMILES string of the molecule is CC(C)(C)OC(=O)N1CCN(c2ccc3cn[nH]c(=O)c3c2)CC1. The summed E-state index contributed by atoms with van der Waals surface area (Å²) in [5.41, 5.74) is 0.298. The van der Waals surface area contributed by atoms with Crippen molar-refractivity contribution in [2.24, 2.45) is 0 Å². The highest BCUT2D eigenvalue weighted by Crippen LogP contribution is 2.21. The third-order valence-electron chi connectivity index (χ3n) is 3.95. The molecule has 1 N–H and O–H groups in total. The van der Waals surface area contributed by atoms with E-state index < -0.39 is 5.60 Å². The number of aromatic nitrogens is 2. The van der Waals surface area contributed by atoms with Gasteiger partial charge in [0, 0.05) is 37.3 Å². The summed E-state index contributed by atoms with van der Waals surface area (Å²) in [6.07, 6.45) is 1.37. The van der Waals surface area contributed by atoms with E-state index in [1.54, 1.807) is 11.1 Å². The number of hydrogen-bond acceptors (Lipinski definition) is 5. The Morgan fingerprint density at radius 1 is 1.21 bits per heavy atom. The average Bonchev–Trinajstić information content (AvgIpc) is 2.53. The van der Waals surface area contributed by atoms with Gasteiger partial charge in [0.2, 0.25) is 0 Å². The number of anilines is 1. The molecule has 0 unspecified atom stereocenters. The molecule has 0 saturated carbocycles. The molecular weight excluding hydrogens is 308 g/mol. The van der Waals surface area contributed by atoms with E-state index in [-0.39, 0.29) is 11.7 Å². The Labute approximate surface area is 140 Å². The van der Waals surface area contributed by atoms with Crippen LogP contribution in [-0.2, 0) is 4.74 Å². The quantitative estimate of drug-likeness (QED) is 0.865. The van der Waals surface area contributed by atoms with Crippen molar-refractivity contribution in [2.45, 2.75) is 26.4 Å². The van der Waals surface area contributed by atoms with Crippen LogP contribution in [0.25, 0.3) is 10.8 Å². The summed E-state index contributed by atoms with van der Waals surface area (Å²) < 4.78 is 5.41. The number of aromatic amines is 1. The zero-order chi connectivity index (χ0) is 17.3. The molecule has 1 aromatic carbocycles. The lowest BCUT2D eigenvalue weighted by Crippen LogP contribution is -2.50. The monoisotopic (exact) mass is 330 g/mol. The lowest BCUT2D eigenvalue weighted by Gasteiger charge is -2.36. The fourth-order valence-electron chi connectivity index (χ4n) is 2.74. The van der Waals surface area contributed by atoms with E-state index in [9.17, 15) is 9.59 Å². The Kier molecular flexibility index (Phi) is 4.17. The van der Waals surface area contributed by atoms with Gasteiger partial charge in [-0.1, -0.05) is 6.07 Å². The maximum Gasteiger partial charge on any atom is 0.410 e. The molecule has 2 heterocycles. The molecule has 3 rings (SSSR count). The molecule has 0 spiro atoms. The number of ether oxygens (including phenoxy) is 1. The van der Waals surface area contributed by atoms with Crippen molar-refractivity contribution in [2.75, 3.05) is 31.1 Å². The molecule has 0 aliphatic carbocycles. The van der Waals surface area contributed by atoms with Gasteiger partial charge in [-0.05, 0) is 32.9 Å². The summed E-state index contributed by atoms with van der Waals surface area (Å²) in [6, 6.07) is 5.75. The fraction of sp³-hybridized carbons (Fsp3) is 0.471. The molecular formula is C17H22N4O3. The molecule has 24 heavy (non-hydrogen) atoms. The molecule has 1 aliphatic rings. The number of carbonyl (C=O) groups excluding carboxylic acids is 1. The zero-order valence-electron chi connectivity index (χ0n) is 14.2. The van der Waals surface area contributed by atoms with Crippen LogP contribution in [0.4, 0.5) is 10.5 Å². The first kappa shape index (κ1) is 16.3. The lowest BCUT2D eigenvalue weighted by atomic mass is 10.1. The van der Waals surface area contributed by atoms with Crippen LogP contribution >= 0.6 is 0 Å². The van der Waals surface area contributed by atoms with Gasteiger partial charge in [0.1, 0.15) is 5.60 Å². The molecule has 0 radical (unpaired) electrons. The highest BCUT2D eigenvalue weighted by atomic mass is 16.6. The molecule has 128 valence electrons. The molecule has 1 fully saturated rings. The minimum Gasteiger partial charge on any atom is -0.444 e. The van der Waals surface area contributed by atoms with Gasteiger partial charge < -0.3 is 14.5 Å². The minimum atomic E-state index is -0.484. The number of carbonyl (C=O) groups is 1. The summed E-state index contributed by atoms with van der Waals surface area (Å²) >= 11 is 0. The maximum absolute atomic E-state index is 12.1. The van der Waals surface area contributed by atoms with Crippen LogP contribution in [0.3, 0.4) is 0 Å². The van der Waals surface area contributed by atoms with E-state index in [2.05, 4.69) is 15.1 Å². The number of rotatable bonds is 1. The first-order valence-electron chi connectivity index (χ1n) is 8.04. The van der Waals surface area contributed by atoms with E-state index in [0.717, 1.165) is 11.1 Å². The first-order chi connectivity index (χ1) is 11.3. The van der Waals surface area contributed by atoms with Crippen LogP contribution in [0.15, 0.2) is 29.2 Å². The standard InChI is InChI=1S/C17H22N4O3/c1-17(2,3)24-16(23)21-8-6-20(7-9-21)13-5-4-12-11-18-19-15(22)14(12)10-13/h4-5,10-11H,6-9H2,1-3H3,(H,19,22). The van der Waals surface area contributed by atoms with Gasteiger partial charge in [-0.25, -0.2) is 9.89 Å². The predicted molar refractivity (Wildman–Crippen MR) is 92.4 cm³/mol. The van der Waals surface area contributed by atoms with Crippen LogP contribution in [0.5, 0.6) is 0 Å². The maximum atomic E-state index is 12.1. The summed E-state index contributed by atoms with van der Waals surface area (Å²) in [7, 11) is 0. The molecule has 2 aromatic rings. The second-order valence-electron chi connectivity index (χ2n) is 6.93. The molecule has 1 aliphatic heterocycles. The van der Waals surface area contributed by atoms with Crippen molar-refractivity contribution in [3.8, 4) is 0 Å². The molecule has 0 atom stereocenters. The Bertz CT molecular complexity index is 801. The third kappa shape index (κ3) is 3.50. The van der Waals surface area contributed by atoms with Gasteiger partial charge in [0.05, 0.1) is 11.6 Å². The smallest absolute Gasteiger partial charge is 0.410 e. The minimum absolute atomic E-state index is 0.193. The highest BCUT2D eigenvalue weighted by Gasteiger charge is 2.26. The molecule has 7 nitrogen and oxygen atoms in total. The van der Waals surface area contributed by atoms with E-state index >= 15 is 0 Å². The van der Waals surface area contributed by atoms with Crippen molar-refractivity contribution >= 4 is 22.6 Å². The Morgan fingerprint density at radius 3 is 2.58 bits per heavy atom. The number of amides is 1. The average molecular weight is 330 g/mol. The number of benzene rings is 1. The van der Waals surface area contributed by atoms with Crippen LogP contribution in [-0.4, -0.2) is 53.0 Å². The summed E-state index contributed by atoms with van der Waals surface area (Å²) in [4.78, 5) is 27.9. The van der Waals surface area contributed by atoms with Crippen LogP contribution in [0, 0.1) is 0 Å². The van der Waals surface area contributed by atoms with E-state index in [1.165, 1.54) is 0 Å². The number of H-pyrrole nitrogens is 1. The second kappa shape index (κ2) is 6.14. The van der Waals surface area contributed by atoms with Crippen molar-refractivity contribution < 1.29 is 9.53 Å². The number of piperazine rings is 1. The van der Waals surface area contributed by atoms with E-state index in [1.807, 2.05) is 39.0 Å². The summed E-state index contributed by atoms with van der Waals surface area (Å²) in [6.45, 7) is 8.19. The van der Waals surface area contributed by atoms with Crippen LogP contribution in [0.2, 0.25) is 0 Å². The number of fused-ring (bicyclic) bond motifs is 1. The summed E-state index contributed by atoms with van der Waals surface area (Å²) in [5.74, 6) is 0. The fourth-order valence-corrected chi connectivity index (χ4v) is 2.74. The first-order valence-corrected chi connectivity index (χ1v) is 8.04. The largest absolute Gasteiger partial charge is 0.444 e. The third-order valence-corrected chi connectivity index (χ3v) is 3.95. The lowest BCUT2D eigenvalue weighted by molar-refractivity contribution is 0.0240. The number of hydrogen-bond donors (Lipinski definition) is 1. The predicted octanol–water partition coefficient (Wildman–Crippen LogP) is 1.98. The topological polar surface area (TPSA) is 78.5 Å².